The van der Waals surface area contributed by atoms with Gasteiger partial charge in [-0.2, -0.15) is 0 Å². The second-order valence-electron chi connectivity index (χ2n) is 5.08. The summed E-state index contributed by atoms with van der Waals surface area (Å²) in [6.45, 7) is 2.09. The van der Waals surface area contributed by atoms with Crippen LogP contribution in [0.15, 0.2) is 72.8 Å². The van der Waals surface area contributed by atoms with Crippen molar-refractivity contribution < 1.29 is 0 Å². The fourth-order valence-electron chi connectivity index (χ4n) is 2.55. The molecule has 0 aliphatic heterocycles. The van der Waals surface area contributed by atoms with Gasteiger partial charge < -0.3 is 11.1 Å². The van der Waals surface area contributed by atoms with E-state index in [0.717, 1.165) is 28.2 Å². The molecule has 0 radical (unpaired) electrons. The van der Waals surface area contributed by atoms with Crippen LogP contribution in [0.25, 0.3) is 11.1 Å². The number of anilines is 3. The van der Waals surface area contributed by atoms with Crippen molar-refractivity contribution in [1.29, 1.82) is 0 Å². The number of aryl methyl sites for hydroxylation is 1. The maximum Gasteiger partial charge on any atom is 0.0464 e. The lowest BCUT2D eigenvalue weighted by atomic mass is 9.97. The molecule has 0 aromatic heterocycles. The van der Waals surface area contributed by atoms with Crippen molar-refractivity contribution in [3.63, 3.8) is 0 Å². The van der Waals surface area contributed by atoms with E-state index >= 15 is 0 Å². The zero-order valence-corrected chi connectivity index (χ0v) is 12.0. The van der Waals surface area contributed by atoms with Crippen molar-refractivity contribution >= 4 is 17.1 Å². The maximum atomic E-state index is 6.19. The second kappa shape index (κ2) is 5.71. The Bertz CT molecular complexity index is 728. The summed E-state index contributed by atoms with van der Waals surface area (Å²) in [5.74, 6) is 0. The van der Waals surface area contributed by atoms with E-state index in [1.165, 1.54) is 5.56 Å². The number of benzene rings is 3. The summed E-state index contributed by atoms with van der Waals surface area (Å²) >= 11 is 0. The van der Waals surface area contributed by atoms with E-state index in [0.29, 0.717) is 0 Å². The Morgan fingerprint density at radius 1 is 0.762 bits per heavy atom. The van der Waals surface area contributed by atoms with Gasteiger partial charge in [0.25, 0.3) is 0 Å². The van der Waals surface area contributed by atoms with Gasteiger partial charge in [0.1, 0.15) is 0 Å². The van der Waals surface area contributed by atoms with Crippen molar-refractivity contribution in [2.45, 2.75) is 6.92 Å². The van der Waals surface area contributed by atoms with Gasteiger partial charge in [-0.3, -0.25) is 0 Å². The van der Waals surface area contributed by atoms with Gasteiger partial charge in [0.05, 0.1) is 0 Å². The molecule has 21 heavy (non-hydrogen) atoms. The van der Waals surface area contributed by atoms with E-state index in [1.54, 1.807) is 0 Å². The average Bonchev–Trinajstić information content (AvgIpc) is 2.50. The van der Waals surface area contributed by atoms with Crippen molar-refractivity contribution in [3.05, 3.63) is 78.4 Å². The average molecular weight is 274 g/mol. The molecule has 0 saturated heterocycles. The molecular formula is C19H18N2. The first-order valence-electron chi connectivity index (χ1n) is 7.02. The van der Waals surface area contributed by atoms with E-state index in [2.05, 4.69) is 42.6 Å². The molecule has 0 spiro atoms. The Morgan fingerprint density at radius 3 is 2.24 bits per heavy atom. The maximum absolute atomic E-state index is 6.19. The van der Waals surface area contributed by atoms with Crippen molar-refractivity contribution in [2.24, 2.45) is 0 Å². The third kappa shape index (κ3) is 2.75. The smallest absolute Gasteiger partial charge is 0.0464 e. The third-order valence-corrected chi connectivity index (χ3v) is 3.55. The Hall–Kier alpha value is -2.74. The quantitative estimate of drug-likeness (QED) is 0.660. The van der Waals surface area contributed by atoms with Gasteiger partial charge in [-0.1, -0.05) is 48.5 Å². The second-order valence-corrected chi connectivity index (χ2v) is 5.08. The molecule has 2 nitrogen and oxygen atoms in total. The molecule has 0 aliphatic rings. The van der Waals surface area contributed by atoms with E-state index in [9.17, 15) is 0 Å². The standard InChI is InChI=1S/C19H18N2/c1-14-8-7-12-17(20)19(14)16-11-5-6-13-18(16)21-15-9-3-2-4-10-15/h2-13,21H,20H2,1H3. The fourth-order valence-corrected chi connectivity index (χ4v) is 2.55. The van der Waals surface area contributed by atoms with Crippen LogP contribution in [-0.2, 0) is 0 Å². The topological polar surface area (TPSA) is 38.0 Å². The number of nitrogens with two attached hydrogens (primary N) is 1. The summed E-state index contributed by atoms with van der Waals surface area (Å²) in [5.41, 5.74) is 12.5. The van der Waals surface area contributed by atoms with Crippen LogP contribution in [0.1, 0.15) is 5.56 Å². The van der Waals surface area contributed by atoms with Crippen LogP contribution in [-0.4, -0.2) is 0 Å². The molecule has 0 amide bonds. The SMILES string of the molecule is Cc1cccc(N)c1-c1ccccc1Nc1ccccc1. The monoisotopic (exact) mass is 274 g/mol. The van der Waals surface area contributed by atoms with Gasteiger partial charge in [-0.25, -0.2) is 0 Å². The van der Waals surface area contributed by atoms with Crippen LogP contribution in [0, 0.1) is 6.92 Å². The van der Waals surface area contributed by atoms with E-state index < -0.39 is 0 Å². The molecule has 0 aliphatic carbocycles. The highest BCUT2D eigenvalue weighted by Crippen LogP contribution is 2.35. The predicted molar refractivity (Wildman–Crippen MR) is 90.8 cm³/mol. The number of para-hydroxylation sites is 2. The summed E-state index contributed by atoms with van der Waals surface area (Å²) in [5, 5.41) is 3.47. The number of rotatable bonds is 3. The predicted octanol–water partition coefficient (Wildman–Crippen LogP) is 4.99. The summed E-state index contributed by atoms with van der Waals surface area (Å²) in [6, 6.07) is 24.4. The number of hydrogen-bond acceptors (Lipinski definition) is 2. The van der Waals surface area contributed by atoms with Crippen LogP contribution in [0.3, 0.4) is 0 Å². The summed E-state index contributed by atoms with van der Waals surface area (Å²) in [4.78, 5) is 0. The molecule has 3 aromatic carbocycles. The van der Waals surface area contributed by atoms with Crippen LogP contribution in [0.5, 0.6) is 0 Å². The lowest BCUT2D eigenvalue weighted by molar-refractivity contribution is 1.45. The van der Waals surface area contributed by atoms with E-state index in [1.807, 2.05) is 42.5 Å². The molecule has 0 atom stereocenters. The number of hydrogen-bond donors (Lipinski definition) is 2. The van der Waals surface area contributed by atoms with Gasteiger partial charge in [-0.15, -0.1) is 0 Å². The molecule has 0 unspecified atom stereocenters. The Balaban J connectivity index is 2.08. The van der Waals surface area contributed by atoms with Crippen LogP contribution >= 0.6 is 0 Å². The van der Waals surface area contributed by atoms with Crippen LogP contribution in [0.4, 0.5) is 17.1 Å². The zero-order valence-electron chi connectivity index (χ0n) is 12.0. The molecule has 3 N–H and O–H groups in total. The Kier molecular flexibility index (Phi) is 3.61. The molecule has 0 heterocycles. The van der Waals surface area contributed by atoms with Crippen molar-refractivity contribution in [2.75, 3.05) is 11.1 Å². The Labute approximate surface area is 125 Å². The van der Waals surface area contributed by atoms with Gasteiger partial charge in [0, 0.05) is 28.2 Å². The first kappa shape index (κ1) is 13.3. The molecular weight excluding hydrogens is 256 g/mol. The Morgan fingerprint density at radius 2 is 1.48 bits per heavy atom. The highest BCUT2D eigenvalue weighted by molar-refractivity contribution is 5.88. The minimum atomic E-state index is 0.803. The molecule has 0 bridgehead atoms. The minimum Gasteiger partial charge on any atom is -0.398 e. The fraction of sp³-hybridized carbons (Fsp3) is 0.0526. The third-order valence-electron chi connectivity index (χ3n) is 3.55. The lowest BCUT2D eigenvalue weighted by Crippen LogP contribution is -1.97. The van der Waals surface area contributed by atoms with Gasteiger partial charge in [-0.05, 0) is 36.8 Å². The number of nitrogen functional groups attached to an aromatic ring is 1. The molecule has 104 valence electrons. The molecule has 3 rings (SSSR count). The molecule has 0 fully saturated rings. The number of nitrogens with one attached hydrogen (secondary N) is 1. The van der Waals surface area contributed by atoms with Crippen molar-refractivity contribution in [1.82, 2.24) is 0 Å². The molecule has 0 saturated carbocycles. The highest BCUT2D eigenvalue weighted by atomic mass is 14.9. The van der Waals surface area contributed by atoms with Crippen molar-refractivity contribution in [3.8, 4) is 11.1 Å². The van der Waals surface area contributed by atoms with E-state index in [-0.39, 0.29) is 0 Å². The van der Waals surface area contributed by atoms with Gasteiger partial charge in [0.15, 0.2) is 0 Å². The zero-order chi connectivity index (χ0) is 14.7. The first-order chi connectivity index (χ1) is 10.3. The van der Waals surface area contributed by atoms with E-state index in [4.69, 9.17) is 5.73 Å². The highest BCUT2D eigenvalue weighted by Gasteiger charge is 2.10. The summed E-state index contributed by atoms with van der Waals surface area (Å²) < 4.78 is 0. The minimum absolute atomic E-state index is 0.803. The van der Waals surface area contributed by atoms with Crippen LogP contribution in [0.2, 0.25) is 0 Å². The van der Waals surface area contributed by atoms with Gasteiger partial charge >= 0.3 is 0 Å². The summed E-state index contributed by atoms with van der Waals surface area (Å²) in [6.07, 6.45) is 0. The lowest BCUT2D eigenvalue weighted by Gasteiger charge is -2.15. The van der Waals surface area contributed by atoms with Crippen LogP contribution < -0.4 is 11.1 Å². The summed E-state index contributed by atoms with van der Waals surface area (Å²) in [7, 11) is 0. The first-order valence-corrected chi connectivity index (χ1v) is 7.02. The largest absolute Gasteiger partial charge is 0.398 e. The molecule has 2 heteroatoms. The van der Waals surface area contributed by atoms with Gasteiger partial charge in [0.2, 0.25) is 0 Å². The normalized spacial score (nSPS) is 10.3. The molecule has 3 aromatic rings.